The zero-order valence-electron chi connectivity index (χ0n) is 19.5. The lowest BCUT2D eigenvalue weighted by molar-refractivity contribution is 0.552. The first-order valence-electron chi connectivity index (χ1n) is 10.6. The van der Waals surface area contributed by atoms with Gasteiger partial charge in [0.25, 0.3) is 5.56 Å². The maximum absolute atomic E-state index is 12.6. The molecule has 1 aromatic carbocycles. The average Bonchev–Trinajstić information content (AvgIpc) is 3.16. The molecular formula is C25H32N4OS. The number of aliphatic imine (C=N–C) groups is 1. The summed E-state index contributed by atoms with van der Waals surface area (Å²) in [6, 6.07) is 8.20. The lowest BCUT2D eigenvalue weighted by Crippen LogP contribution is -2.20. The monoisotopic (exact) mass is 436 g/mol. The molecule has 0 saturated carbocycles. The van der Waals surface area contributed by atoms with E-state index in [-0.39, 0.29) is 11.0 Å². The zero-order valence-corrected chi connectivity index (χ0v) is 20.4. The second-order valence-corrected chi connectivity index (χ2v) is 9.99. The number of thiazole rings is 1. The molecule has 0 spiro atoms. The highest BCUT2D eigenvalue weighted by molar-refractivity contribution is 7.10. The Kier molecular flexibility index (Phi) is 6.80. The van der Waals surface area contributed by atoms with Crippen LogP contribution >= 0.6 is 11.3 Å². The highest BCUT2D eigenvalue weighted by Crippen LogP contribution is 2.27. The van der Waals surface area contributed by atoms with Crippen molar-refractivity contribution in [3.8, 4) is 11.3 Å². The van der Waals surface area contributed by atoms with Crippen molar-refractivity contribution in [3.05, 3.63) is 67.4 Å². The Morgan fingerprint density at radius 2 is 1.94 bits per heavy atom. The molecule has 1 N–H and O–H groups in total. The smallest absolute Gasteiger partial charge is 0.257 e. The number of hydrogen-bond donors (Lipinski definition) is 1. The summed E-state index contributed by atoms with van der Waals surface area (Å²) in [6.07, 6.45) is 2.62. The van der Waals surface area contributed by atoms with E-state index in [2.05, 4.69) is 68.6 Å². The minimum atomic E-state index is -0.0948. The summed E-state index contributed by atoms with van der Waals surface area (Å²) < 4.78 is 0. The number of nitrogens with zero attached hydrogens (tertiary/aromatic N) is 3. The third-order valence-electron chi connectivity index (χ3n) is 5.43. The van der Waals surface area contributed by atoms with Crippen molar-refractivity contribution in [2.24, 2.45) is 4.99 Å². The molecule has 0 amide bonds. The molecule has 5 nitrogen and oxygen atoms in total. The fourth-order valence-corrected chi connectivity index (χ4v) is 4.04. The van der Waals surface area contributed by atoms with E-state index in [1.54, 1.807) is 11.3 Å². The molecule has 0 aliphatic heterocycles. The number of hydrogen-bond acceptors (Lipinski definition) is 4. The van der Waals surface area contributed by atoms with Crippen molar-refractivity contribution in [1.29, 1.82) is 0 Å². The number of nitrogens with one attached hydrogen (secondary N) is 1. The molecule has 3 aromatic rings. The molecule has 0 aliphatic carbocycles. The Morgan fingerprint density at radius 3 is 2.58 bits per heavy atom. The summed E-state index contributed by atoms with van der Waals surface area (Å²) in [5.74, 6) is 0. The molecule has 164 valence electrons. The second-order valence-electron chi connectivity index (χ2n) is 9.05. The van der Waals surface area contributed by atoms with Crippen LogP contribution in [0.3, 0.4) is 0 Å². The summed E-state index contributed by atoms with van der Waals surface area (Å²) in [6.45, 7) is 13.5. The van der Waals surface area contributed by atoms with Crippen LogP contribution in [0.15, 0.2) is 39.4 Å². The number of aromatic nitrogens is 2. The highest BCUT2D eigenvalue weighted by Gasteiger charge is 2.17. The Morgan fingerprint density at radius 1 is 1.19 bits per heavy atom. The molecule has 0 atom stereocenters. The van der Waals surface area contributed by atoms with Gasteiger partial charge < -0.3 is 9.88 Å². The molecule has 31 heavy (non-hydrogen) atoms. The molecule has 3 rings (SSSR count). The van der Waals surface area contributed by atoms with Gasteiger partial charge in [-0.15, -0.1) is 11.3 Å². The maximum atomic E-state index is 12.6. The minimum absolute atomic E-state index is 0.0874. The van der Waals surface area contributed by atoms with Crippen LogP contribution in [0.2, 0.25) is 0 Å². The van der Waals surface area contributed by atoms with Crippen molar-refractivity contribution in [2.75, 3.05) is 13.6 Å². The Labute approximate surface area is 188 Å². The van der Waals surface area contributed by atoms with Gasteiger partial charge in [0.15, 0.2) is 0 Å². The average molecular weight is 437 g/mol. The highest BCUT2D eigenvalue weighted by atomic mass is 32.1. The number of rotatable bonds is 6. The second kappa shape index (κ2) is 9.18. The van der Waals surface area contributed by atoms with Crippen LogP contribution in [0.4, 0.5) is 5.69 Å². The van der Waals surface area contributed by atoms with Crippen LogP contribution in [0, 0.1) is 13.8 Å². The van der Waals surface area contributed by atoms with Crippen LogP contribution in [0.5, 0.6) is 0 Å². The number of benzene rings is 1. The number of aromatic amines is 1. The standard InChI is InChI=1S/C25H32N4OS/c1-8-29(7)15-26-20-12-16(2)18(11-17(20)3)13-23-27-21(14-31-23)19-9-10-22(25(4,5)6)28-24(19)30/h9-12,14-15H,8,13H2,1-7H3,(H,28,30)/b26-15-. The van der Waals surface area contributed by atoms with Gasteiger partial charge in [0, 0.05) is 36.5 Å². The normalized spacial score (nSPS) is 12.0. The van der Waals surface area contributed by atoms with Gasteiger partial charge in [-0.25, -0.2) is 9.98 Å². The first-order valence-corrected chi connectivity index (χ1v) is 11.5. The molecule has 0 radical (unpaired) electrons. The van der Waals surface area contributed by atoms with Gasteiger partial charge in [-0.05, 0) is 55.7 Å². The van der Waals surface area contributed by atoms with E-state index < -0.39 is 0 Å². The van der Waals surface area contributed by atoms with Crippen LogP contribution in [0.1, 0.15) is 55.1 Å². The van der Waals surface area contributed by atoms with Crippen molar-refractivity contribution < 1.29 is 0 Å². The van der Waals surface area contributed by atoms with Crippen molar-refractivity contribution in [2.45, 2.75) is 53.4 Å². The third-order valence-corrected chi connectivity index (χ3v) is 6.28. The van der Waals surface area contributed by atoms with Crippen molar-refractivity contribution in [3.63, 3.8) is 0 Å². The van der Waals surface area contributed by atoms with Crippen molar-refractivity contribution >= 4 is 23.4 Å². The zero-order chi connectivity index (χ0) is 22.8. The summed E-state index contributed by atoms with van der Waals surface area (Å²) in [4.78, 5) is 27.0. The molecule has 0 bridgehead atoms. The Bertz CT molecular complexity index is 1150. The van der Waals surface area contributed by atoms with E-state index in [0.29, 0.717) is 5.56 Å². The summed E-state index contributed by atoms with van der Waals surface area (Å²) in [5, 5.41) is 2.97. The van der Waals surface area contributed by atoms with E-state index in [4.69, 9.17) is 4.98 Å². The largest absolute Gasteiger partial charge is 0.366 e. The predicted molar refractivity (Wildman–Crippen MR) is 132 cm³/mol. The number of aryl methyl sites for hydroxylation is 2. The predicted octanol–water partition coefficient (Wildman–Crippen LogP) is 5.62. The molecule has 0 aliphatic rings. The third kappa shape index (κ3) is 5.50. The van der Waals surface area contributed by atoms with Gasteiger partial charge in [0.05, 0.1) is 28.3 Å². The fraction of sp³-hybridized carbons (Fsp3) is 0.400. The minimum Gasteiger partial charge on any atom is -0.366 e. The first kappa shape index (κ1) is 22.9. The summed E-state index contributed by atoms with van der Waals surface area (Å²) in [5.41, 5.74) is 6.67. The Hall–Kier alpha value is -2.73. The maximum Gasteiger partial charge on any atom is 0.257 e. The molecule has 2 aromatic heterocycles. The van der Waals surface area contributed by atoms with Crippen LogP contribution in [0.25, 0.3) is 11.3 Å². The van der Waals surface area contributed by atoms with E-state index in [0.717, 1.165) is 40.6 Å². The SMILES string of the molecule is CCN(C)/C=N\c1cc(C)c(Cc2nc(-c3ccc(C(C)(C)C)[nH]c3=O)cs2)cc1C. The van der Waals surface area contributed by atoms with Gasteiger partial charge in [-0.1, -0.05) is 26.8 Å². The molecule has 6 heteroatoms. The lowest BCUT2D eigenvalue weighted by Gasteiger charge is -2.18. The van der Waals surface area contributed by atoms with E-state index in [1.165, 1.54) is 11.1 Å². The Balaban J connectivity index is 1.82. The number of H-pyrrole nitrogens is 1. The van der Waals surface area contributed by atoms with Crippen LogP contribution < -0.4 is 5.56 Å². The molecular weight excluding hydrogens is 404 g/mol. The van der Waals surface area contributed by atoms with Gasteiger partial charge in [-0.3, -0.25) is 4.79 Å². The topological polar surface area (TPSA) is 61.4 Å². The van der Waals surface area contributed by atoms with E-state index in [9.17, 15) is 4.79 Å². The summed E-state index contributed by atoms with van der Waals surface area (Å²) >= 11 is 1.59. The first-order chi connectivity index (χ1) is 14.6. The molecule has 0 fully saturated rings. The van der Waals surface area contributed by atoms with Crippen molar-refractivity contribution in [1.82, 2.24) is 14.9 Å². The molecule has 2 heterocycles. The van der Waals surface area contributed by atoms with Gasteiger partial charge in [-0.2, -0.15) is 0 Å². The fourth-order valence-electron chi connectivity index (χ4n) is 3.22. The quantitative estimate of drug-likeness (QED) is 0.403. The van der Waals surface area contributed by atoms with Crippen LogP contribution in [-0.4, -0.2) is 34.8 Å². The van der Waals surface area contributed by atoms with Gasteiger partial charge >= 0.3 is 0 Å². The number of pyridine rings is 1. The summed E-state index contributed by atoms with van der Waals surface area (Å²) in [7, 11) is 2.02. The van der Waals surface area contributed by atoms with E-state index in [1.807, 2.05) is 30.9 Å². The molecule has 0 unspecified atom stereocenters. The van der Waals surface area contributed by atoms with Crippen LogP contribution in [-0.2, 0) is 11.8 Å². The molecule has 0 saturated heterocycles. The van der Waals surface area contributed by atoms with Gasteiger partial charge in [0.1, 0.15) is 0 Å². The lowest BCUT2D eigenvalue weighted by atomic mass is 9.91. The van der Waals surface area contributed by atoms with E-state index >= 15 is 0 Å². The van der Waals surface area contributed by atoms with Gasteiger partial charge in [0.2, 0.25) is 0 Å².